The van der Waals surface area contributed by atoms with E-state index in [-0.39, 0.29) is 5.91 Å². The SMILES string of the molecule is CNC(=O)Cc1cccc(N=C(NC#N)SC)c1. The fourth-order valence-corrected chi connectivity index (χ4v) is 1.64. The van der Waals surface area contributed by atoms with Crippen molar-refractivity contribution in [2.75, 3.05) is 13.3 Å². The molecule has 1 aromatic rings. The van der Waals surface area contributed by atoms with Crippen LogP contribution in [-0.4, -0.2) is 24.4 Å². The number of amides is 1. The Morgan fingerprint density at radius 1 is 1.56 bits per heavy atom. The van der Waals surface area contributed by atoms with Gasteiger partial charge in [-0.25, -0.2) is 4.99 Å². The molecule has 0 aliphatic carbocycles. The lowest BCUT2D eigenvalue weighted by Crippen LogP contribution is -2.19. The highest BCUT2D eigenvalue weighted by Gasteiger charge is 2.02. The summed E-state index contributed by atoms with van der Waals surface area (Å²) < 4.78 is 0. The second-order valence-electron chi connectivity index (χ2n) is 3.38. The highest BCUT2D eigenvalue weighted by molar-refractivity contribution is 8.13. The van der Waals surface area contributed by atoms with Crippen molar-refractivity contribution < 1.29 is 4.79 Å². The molecule has 0 aliphatic heterocycles. The quantitative estimate of drug-likeness (QED) is 0.373. The lowest BCUT2D eigenvalue weighted by molar-refractivity contribution is -0.119. The third kappa shape index (κ3) is 4.47. The van der Waals surface area contributed by atoms with E-state index < -0.39 is 0 Å². The lowest BCUT2D eigenvalue weighted by atomic mass is 10.1. The molecule has 0 spiro atoms. The zero-order valence-corrected chi connectivity index (χ0v) is 11.0. The molecule has 6 heteroatoms. The van der Waals surface area contributed by atoms with E-state index in [2.05, 4.69) is 15.6 Å². The average molecular weight is 262 g/mol. The zero-order chi connectivity index (χ0) is 13.4. The van der Waals surface area contributed by atoms with E-state index in [0.29, 0.717) is 17.3 Å². The number of aliphatic imine (C=N–C) groups is 1. The second-order valence-corrected chi connectivity index (χ2v) is 4.17. The predicted octanol–water partition coefficient (Wildman–Crippen LogP) is 1.40. The largest absolute Gasteiger partial charge is 0.359 e. The Hall–Kier alpha value is -2.00. The highest BCUT2D eigenvalue weighted by atomic mass is 32.2. The van der Waals surface area contributed by atoms with E-state index in [1.165, 1.54) is 11.8 Å². The molecule has 0 fully saturated rings. The molecule has 1 aromatic carbocycles. The molecule has 1 amide bonds. The molecule has 0 atom stereocenters. The highest BCUT2D eigenvalue weighted by Crippen LogP contribution is 2.16. The van der Waals surface area contributed by atoms with Crippen LogP contribution in [0.2, 0.25) is 0 Å². The summed E-state index contributed by atoms with van der Waals surface area (Å²) in [7, 11) is 1.60. The molecule has 94 valence electrons. The molecule has 1 rings (SSSR count). The minimum Gasteiger partial charge on any atom is -0.359 e. The van der Waals surface area contributed by atoms with E-state index in [1.54, 1.807) is 7.05 Å². The number of nitrogens with zero attached hydrogens (tertiary/aromatic N) is 2. The number of nitriles is 1. The van der Waals surface area contributed by atoms with Crippen molar-refractivity contribution in [3.63, 3.8) is 0 Å². The number of nitrogens with one attached hydrogen (secondary N) is 2. The summed E-state index contributed by atoms with van der Waals surface area (Å²) in [6.45, 7) is 0. The Morgan fingerprint density at radius 2 is 2.33 bits per heavy atom. The summed E-state index contributed by atoms with van der Waals surface area (Å²) in [6, 6.07) is 7.35. The van der Waals surface area contributed by atoms with Crippen LogP contribution in [0.5, 0.6) is 0 Å². The fourth-order valence-electron chi connectivity index (χ4n) is 1.30. The first-order valence-corrected chi connectivity index (χ1v) is 6.49. The zero-order valence-electron chi connectivity index (χ0n) is 10.2. The van der Waals surface area contributed by atoms with Gasteiger partial charge in [0, 0.05) is 7.05 Å². The van der Waals surface area contributed by atoms with Crippen molar-refractivity contribution in [1.82, 2.24) is 10.6 Å². The Labute approximate surface area is 110 Å². The van der Waals surface area contributed by atoms with Crippen molar-refractivity contribution in [2.45, 2.75) is 6.42 Å². The van der Waals surface area contributed by atoms with Gasteiger partial charge in [0.15, 0.2) is 11.4 Å². The number of rotatable bonds is 3. The van der Waals surface area contributed by atoms with E-state index in [1.807, 2.05) is 36.7 Å². The maximum atomic E-state index is 11.3. The van der Waals surface area contributed by atoms with E-state index in [0.717, 1.165) is 5.56 Å². The third-order valence-electron chi connectivity index (χ3n) is 2.14. The standard InChI is InChI=1S/C12H14N4OS/c1-14-11(17)7-9-4-3-5-10(6-9)16-12(18-2)15-8-13/h3-6H,7H2,1-2H3,(H,14,17)(H,15,16). The molecule has 0 radical (unpaired) electrons. The first-order chi connectivity index (χ1) is 8.69. The van der Waals surface area contributed by atoms with E-state index >= 15 is 0 Å². The number of hydrogen-bond donors (Lipinski definition) is 2. The van der Waals surface area contributed by atoms with Crippen molar-refractivity contribution in [1.29, 1.82) is 5.26 Å². The van der Waals surface area contributed by atoms with Crippen LogP contribution >= 0.6 is 11.8 Å². The molecule has 0 heterocycles. The normalized spacial score (nSPS) is 10.6. The fraction of sp³-hybridized carbons (Fsp3) is 0.250. The van der Waals surface area contributed by atoms with Gasteiger partial charge in [0.05, 0.1) is 12.1 Å². The maximum absolute atomic E-state index is 11.3. The summed E-state index contributed by atoms with van der Waals surface area (Å²) in [5.41, 5.74) is 1.59. The Bertz CT molecular complexity index is 493. The molecule has 0 bridgehead atoms. The molecule has 0 saturated carbocycles. The number of thioether (sulfide) groups is 1. The Balaban J connectivity index is 2.88. The van der Waals surface area contributed by atoms with Crippen LogP contribution in [0.3, 0.4) is 0 Å². The monoisotopic (exact) mass is 262 g/mol. The average Bonchev–Trinajstić information content (AvgIpc) is 2.38. The van der Waals surface area contributed by atoms with Crippen LogP contribution in [-0.2, 0) is 11.2 Å². The summed E-state index contributed by atoms with van der Waals surface area (Å²) in [5, 5.41) is 14.1. The van der Waals surface area contributed by atoms with Crippen molar-refractivity contribution in [3.8, 4) is 6.19 Å². The van der Waals surface area contributed by atoms with Crippen LogP contribution in [0, 0.1) is 11.5 Å². The first-order valence-electron chi connectivity index (χ1n) is 5.27. The summed E-state index contributed by atoms with van der Waals surface area (Å²) in [5.74, 6) is -0.0450. The summed E-state index contributed by atoms with van der Waals surface area (Å²) in [6.07, 6.45) is 3.98. The van der Waals surface area contributed by atoms with Crippen LogP contribution < -0.4 is 10.6 Å². The van der Waals surface area contributed by atoms with E-state index in [4.69, 9.17) is 5.26 Å². The van der Waals surface area contributed by atoms with E-state index in [9.17, 15) is 4.79 Å². The van der Waals surface area contributed by atoms with Crippen molar-refractivity contribution >= 4 is 28.5 Å². The van der Waals surface area contributed by atoms with Gasteiger partial charge < -0.3 is 5.32 Å². The van der Waals surface area contributed by atoms with Gasteiger partial charge in [0.25, 0.3) is 0 Å². The minimum atomic E-state index is -0.0450. The molecule has 5 nitrogen and oxygen atoms in total. The van der Waals surface area contributed by atoms with Crippen molar-refractivity contribution in [3.05, 3.63) is 29.8 Å². The third-order valence-corrected chi connectivity index (χ3v) is 2.72. The molecule has 0 aromatic heterocycles. The number of carbonyl (C=O) groups excluding carboxylic acids is 1. The van der Waals surface area contributed by atoms with Gasteiger partial charge in [-0.3, -0.25) is 10.1 Å². The number of carbonyl (C=O) groups is 1. The minimum absolute atomic E-state index is 0.0450. The lowest BCUT2D eigenvalue weighted by Gasteiger charge is -2.03. The molecular weight excluding hydrogens is 248 g/mol. The van der Waals surface area contributed by atoms with Crippen LogP contribution in [0.4, 0.5) is 5.69 Å². The topological polar surface area (TPSA) is 77.3 Å². The van der Waals surface area contributed by atoms with Gasteiger partial charge in [-0.1, -0.05) is 23.9 Å². The molecule has 0 saturated heterocycles. The van der Waals surface area contributed by atoms with Gasteiger partial charge >= 0.3 is 0 Å². The molecular formula is C12H14N4OS. The van der Waals surface area contributed by atoms with Gasteiger partial charge in [-0.15, -0.1) is 0 Å². The molecule has 0 unspecified atom stereocenters. The molecule has 18 heavy (non-hydrogen) atoms. The summed E-state index contributed by atoms with van der Waals surface area (Å²) >= 11 is 1.35. The van der Waals surface area contributed by atoms with Crippen LogP contribution in [0.25, 0.3) is 0 Å². The van der Waals surface area contributed by atoms with Gasteiger partial charge in [0.2, 0.25) is 5.91 Å². The first kappa shape index (κ1) is 14.1. The number of hydrogen-bond acceptors (Lipinski definition) is 4. The second kappa shape index (κ2) is 7.35. The van der Waals surface area contributed by atoms with Crippen LogP contribution in [0.1, 0.15) is 5.56 Å². The van der Waals surface area contributed by atoms with Crippen molar-refractivity contribution in [2.24, 2.45) is 4.99 Å². The number of likely N-dealkylation sites (N-methyl/N-ethyl adjacent to an activating group) is 1. The summed E-state index contributed by atoms with van der Waals surface area (Å²) in [4.78, 5) is 15.5. The van der Waals surface area contributed by atoms with Gasteiger partial charge in [-0.2, -0.15) is 5.26 Å². The number of benzene rings is 1. The molecule has 2 N–H and O–H groups in total. The van der Waals surface area contributed by atoms with Gasteiger partial charge in [-0.05, 0) is 24.0 Å². The molecule has 0 aliphatic rings. The smallest absolute Gasteiger partial charge is 0.224 e. The Morgan fingerprint density at radius 3 is 2.94 bits per heavy atom. The maximum Gasteiger partial charge on any atom is 0.224 e. The van der Waals surface area contributed by atoms with Crippen LogP contribution in [0.15, 0.2) is 29.3 Å². The Kier molecular flexibility index (Phi) is 5.74. The predicted molar refractivity (Wildman–Crippen MR) is 73.6 cm³/mol. The van der Waals surface area contributed by atoms with Gasteiger partial charge in [0.1, 0.15) is 0 Å². The number of amidine groups is 1.